The van der Waals surface area contributed by atoms with Gasteiger partial charge < -0.3 is 5.11 Å². The molecule has 0 aliphatic carbocycles. The lowest BCUT2D eigenvalue weighted by molar-refractivity contribution is 0.475. The van der Waals surface area contributed by atoms with Gasteiger partial charge in [0.25, 0.3) is 10.0 Å². The average molecular weight is 240 g/mol. The van der Waals surface area contributed by atoms with Crippen molar-refractivity contribution < 1.29 is 13.5 Å². The van der Waals surface area contributed by atoms with Crippen LogP contribution in [0.4, 0.5) is 5.69 Å². The van der Waals surface area contributed by atoms with E-state index >= 15 is 0 Å². The van der Waals surface area contributed by atoms with Crippen LogP contribution in [0.3, 0.4) is 0 Å². The van der Waals surface area contributed by atoms with Gasteiger partial charge in [0.2, 0.25) is 0 Å². The molecular formula is C10H12N2O3S. The average Bonchev–Trinajstić information content (AvgIpc) is 2.26. The van der Waals surface area contributed by atoms with Gasteiger partial charge in [-0.25, -0.2) is 8.42 Å². The summed E-state index contributed by atoms with van der Waals surface area (Å²) < 4.78 is 24.6. The molecule has 1 atom stereocenters. The number of nitriles is 1. The van der Waals surface area contributed by atoms with Crippen molar-refractivity contribution in [3.8, 4) is 11.8 Å². The molecule has 0 aliphatic heterocycles. The SMILES string of the molecule is CC(C#N)S(=O)(=O)N(C)c1cccc(O)c1. The highest BCUT2D eigenvalue weighted by molar-refractivity contribution is 7.93. The van der Waals surface area contributed by atoms with Crippen molar-refractivity contribution >= 4 is 15.7 Å². The summed E-state index contributed by atoms with van der Waals surface area (Å²) in [4.78, 5) is 0. The number of sulfonamides is 1. The molecule has 0 bridgehead atoms. The van der Waals surface area contributed by atoms with E-state index in [9.17, 15) is 13.5 Å². The number of hydrogen-bond acceptors (Lipinski definition) is 4. The van der Waals surface area contributed by atoms with Gasteiger partial charge in [-0.05, 0) is 19.1 Å². The van der Waals surface area contributed by atoms with Crippen molar-refractivity contribution in [2.75, 3.05) is 11.4 Å². The zero-order chi connectivity index (χ0) is 12.3. The lowest BCUT2D eigenvalue weighted by Crippen LogP contribution is -2.33. The van der Waals surface area contributed by atoms with E-state index in [4.69, 9.17) is 5.26 Å². The van der Waals surface area contributed by atoms with Crippen LogP contribution >= 0.6 is 0 Å². The minimum atomic E-state index is -3.70. The zero-order valence-electron chi connectivity index (χ0n) is 8.95. The predicted octanol–water partition coefficient (Wildman–Crippen LogP) is 1.07. The number of hydrogen-bond donors (Lipinski definition) is 1. The highest BCUT2D eigenvalue weighted by Gasteiger charge is 2.26. The maximum Gasteiger partial charge on any atom is 0.251 e. The van der Waals surface area contributed by atoms with Crippen molar-refractivity contribution in [3.05, 3.63) is 24.3 Å². The summed E-state index contributed by atoms with van der Waals surface area (Å²) in [5.41, 5.74) is 0.321. The molecule has 0 aromatic heterocycles. The van der Waals surface area contributed by atoms with Crippen LogP contribution in [0.2, 0.25) is 0 Å². The molecule has 6 heteroatoms. The van der Waals surface area contributed by atoms with E-state index in [1.807, 2.05) is 0 Å². The fourth-order valence-electron chi connectivity index (χ4n) is 1.14. The van der Waals surface area contributed by atoms with E-state index in [1.54, 1.807) is 12.1 Å². The molecular weight excluding hydrogens is 228 g/mol. The maximum atomic E-state index is 11.8. The molecule has 0 fully saturated rings. The molecule has 1 rings (SSSR count). The number of aromatic hydroxyl groups is 1. The Hall–Kier alpha value is -1.74. The maximum absolute atomic E-state index is 11.8. The van der Waals surface area contributed by atoms with Crippen molar-refractivity contribution in [1.82, 2.24) is 0 Å². The number of rotatable bonds is 3. The monoisotopic (exact) mass is 240 g/mol. The van der Waals surface area contributed by atoms with Crippen LogP contribution in [0.15, 0.2) is 24.3 Å². The second-order valence-corrected chi connectivity index (χ2v) is 5.59. The highest BCUT2D eigenvalue weighted by atomic mass is 32.2. The molecule has 0 aliphatic rings. The Kier molecular flexibility index (Phi) is 3.40. The van der Waals surface area contributed by atoms with Gasteiger partial charge in [0.1, 0.15) is 5.75 Å². The van der Waals surface area contributed by atoms with E-state index in [2.05, 4.69) is 0 Å². The molecule has 1 N–H and O–H groups in total. The van der Waals surface area contributed by atoms with Crippen LogP contribution in [0.1, 0.15) is 6.92 Å². The summed E-state index contributed by atoms with van der Waals surface area (Å²) in [6.45, 7) is 1.31. The minimum absolute atomic E-state index is 0.0239. The third-order valence-electron chi connectivity index (χ3n) is 2.20. The molecule has 0 saturated carbocycles. The predicted molar refractivity (Wildman–Crippen MR) is 60.5 cm³/mol. The fourth-order valence-corrected chi connectivity index (χ4v) is 2.15. The van der Waals surface area contributed by atoms with Gasteiger partial charge in [-0.2, -0.15) is 5.26 Å². The van der Waals surface area contributed by atoms with Crippen LogP contribution in [0.5, 0.6) is 5.75 Å². The molecule has 16 heavy (non-hydrogen) atoms. The first-order valence-electron chi connectivity index (χ1n) is 4.56. The topological polar surface area (TPSA) is 81.4 Å². The van der Waals surface area contributed by atoms with Gasteiger partial charge in [0, 0.05) is 13.1 Å². The first-order chi connectivity index (χ1) is 7.39. The van der Waals surface area contributed by atoms with Crippen molar-refractivity contribution in [2.45, 2.75) is 12.2 Å². The van der Waals surface area contributed by atoms with Gasteiger partial charge in [-0.1, -0.05) is 6.07 Å². The van der Waals surface area contributed by atoms with Crippen LogP contribution in [-0.4, -0.2) is 25.8 Å². The van der Waals surface area contributed by atoms with Crippen LogP contribution in [0.25, 0.3) is 0 Å². The molecule has 86 valence electrons. The van der Waals surface area contributed by atoms with Gasteiger partial charge in [-0.3, -0.25) is 4.31 Å². The Morgan fingerprint density at radius 1 is 1.50 bits per heavy atom. The molecule has 1 aromatic carbocycles. The van der Waals surface area contributed by atoms with Crippen LogP contribution in [-0.2, 0) is 10.0 Å². The normalized spacial score (nSPS) is 12.8. The number of phenolic OH excluding ortho intramolecular Hbond substituents is 1. The molecule has 0 radical (unpaired) electrons. The first kappa shape index (κ1) is 12.3. The minimum Gasteiger partial charge on any atom is -0.508 e. The molecule has 1 unspecified atom stereocenters. The molecule has 0 saturated heterocycles. The highest BCUT2D eigenvalue weighted by Crippen LogP contribution is 2.22. The summed E-state index contributed by atoms with van der Waals surface area (Å²) in [5, 5.41) is 16.7. The van der Waals surface area contributed by atoms with Gasteiger partial charge in [0.15, 0.2) is 5.25 Å². The van der Waals surface area contributed by atoms with Crippen molar-refractivity contribution in [3.63, 3.8) is 0 Å². The Labute approximate surface area is 94.6 Å². The molecule has 0 amide bonds. The Morgan fingerprint density at radius 3 is 2.62 bits per heavy atom. The standard InChI is InChI=1S/C10H12N2O3S/c1-8(7-11)16(14,15)12(2)9-4-3-5-10(13)6-9/h3-6,8,13H,1-2H3. The lowest BCUT2D eigenvalue weighted by Gasteiger charge is -2.20. The largest absolute Gasteiger partial charge is 0.508 e. The third-order valence-corrected chi connectivity index (χ3v) is 4.18. The molecule has 0 spiro atoms. The number of benzene rings is 1. The lowest BCUT2D eigenvalue weighted by atomic mass is 10.3. The van der Waals surface area contributed by atoms with Crippen LogP contribution in [0, 0.1) is 11.3 Å². The molecule has 1 aromatic rings. The smallest absolute Gasteiger partial charge is 0.251 e. The van der Waals surface area contributed by atoms with E-state index in [0.717, 1.165) is 4.31 Å². The van der Waals surface area contributed by atoms with E-state index in [1.165, 1.54) is 32.2 Å². The van der Waals surface area contributed by atoms with E-state index < -0.39 is 15.3 Å². The summed E-state index contributed by atoms with van der Waals surface area (Å²) >= 11 is 0. The van der Waals surface area contributed by atoms with Gasteiger partial charge in [0.05, 0.1) is 11.8 Å². The van der Waals surface area contributed by atoms with Gasteiger partial charge >= 0.3 is 0 Å². The fraction of sp³-hybridized carbons (Fsp3) is 0.300. The summed E-state index contributed by atoms with van der Waals surface area (Å²) in [6.07, 6.45) is 0. The second-order valence-electron chi connectivity index (χ2n) is 3.30. The van der Waals surface area contributed by atoms with E-state index in [0.29, 0.717) is 5.69 Å². The molecule has 5 nitrogen and oxygen atoms in total. The summed E-state index contributed by atoms with van der Waals surface area (Å²) in [7, 11) is -2.35. The quantitative estimate of drug-likeness (QED) is 0.856. The summed E-state index contributed by atoms with van der Waals surface area (Å²) in [6, 6.07) is 7.52. The van der Waals surface area contributed by atoms with Crippen LogP contribution < -0.4 is 4.31 Å². The Morgan fingerprint density at radius 2 is 2.12 bits per heavy atom. The Bertz CT molecular complexity index is 519. The van der Waals surface area contributed by atoms with Gasteiger partial charge in [-0.15, -0.1) is 0 Å². The molecule has 0 heterocycles. The first-order valence-corrected chi connectivity index (χ1v) is 6.06. The third kappa shape index (κ3) is 2.25. The number of anilines is 1. The second kappa shape index (κ2) is 4.41. The van der Waals surface area contributed by atoms with Crippen molar-refractivity contribution in [2.24, 2.45) is 0 Å². The summed E-state index contributed by atoms with van der Waals surface area (Å²) in [5.74, 6) is -0.0239. The van der Waals surface area contributed by atoms with E-state index in [-0.39, 0.29) is 5.75 Å². The zero-order valence-corrected chi connectivity index (χ0v) is 9.77. The Balaban J connectivity index is 3.13. The number of phenols is 1. The number of nitrogens with zero attached hydrogens (tertiary/aromatic N) is 2. The van der Waals surface area contributed by atoms with Crippen molar-refractivity contribution in [1.29, 1.82) is 5.26 Å².